The number of unbranched alkanes of at least 4 members (excludes halogenated alkanes) is 1. The van der Waals surface area contributed by atoms with Crippen LogP contribution in [0.3, 0.4) is 0 Å². The highest BCUT2D eigenvalue weighted by Crippen LogP contribution is 2.15. The summed E-state index contributed by atoms with van der Waals surface area (Å²) in [6.45, 7) is 2.41. The van der Waals surface area contributed by atoms with Gasteiger partial charge in [-0.2, -0.15) is 12.6 Å². The van der Waals surface area contributed by atoms with Crippen molar-refractivity contribution in [3.05, 3.63) is 65.7 Å². The third kappa shape index (κ3) is 24.0. The van der Waals surface area contributed by atoms with Gasteiger partial charge in [-0.3, -0.25) is 47.9 Å². The third-order valence-corrected chi connectivity index (χ3v) is 12.9. The summed E-state index contributed by atoms with van der Waals surface area (Å²) >= 11 is 4.08. The van der Waals surface area contributed by atoms with E-state index in [-0.39, 0.29) is 43.7 Å². The van der Waals surface area contributed by atoms with Crippen molar-refractivity contribution in [1.29, 1.82) is 0 Å². The number of hydrogen-bond acceptors (Lipinski definition) is 19. The van der Waals surface area contributed by atoms with Crippen molar-refractivity contribution in [1.82, 2.24) is 53.2 Å². The van der Waals surface area contributed by atoms with E-state index in [0.717, 1.165) is 6.92 Å². The zero-order valence-electron chi connectivity index (χ0n) is 45.4. The molecular formula is C51H78N12O17S. The fourth-order valence-electron chi connectivity index (χ4n) is 7.46. The summed E-state index contributed by atoms with van der Waals surface area (Å²) in [4.78, 5) is 146. The number of carboxylic acid groups (broad SMARTS) is 1. The van der Waals surface area contributed by atoms with Crippen molar-refractivity contribution in [2.24, 2.45) is 17.4 Å². The summed E-state index contributed by atoms with van der Waals surface area (Å²) in [5, 5.41) is 82.3. The molecule has 30 heteroatoms. The van der Waals surface area contributed by atoms with Crippen LogP contribution in [0, 0.1) is 5.92 Å². The van der Waals surface area contributed by atoms with Gasteiger partial charge >= 0.3 is 5.97 Å². The monoisotopic (exact) mass is 1160 g/mol. The van der Waals surface area contributed by atoms with Gasteiger partial charge in [0.2, 0.25) is 59.1 Å². The van der Waals surface area contributed by atoms with Gasteiger partial charge in [-0.15, -0.1) is 0 Å². The second kappa shape index (κ2) is 36.0. The Morgan fingerprint density at radius 3 is 1.57 bits per heavy atom. The van der Waals surface area contributed by atoms with Crippen molar-refractivity contribution in [3.63, 3.8) is 0 Å². The molecule has 0 aliphatic carbocycles. The average molecular weight is 1160 g/mol. The van der Waals surface area contributed by atoms with Crippen molar-refractivity contribution < 1.29 is 83.4 Å². The minimum absolute atomic E-state index is 0.0440. The van der Waals surface area contributed by atoms with Crippen LogP contribution < -0.4 is 64.6 Å². The van der Waals surface area contributed by atoms with Crippen molar-refractivity contribution in [3.8, 4) is 5.75 Å². The predicted molar refractivity (Wildman–Crippen MR) is 293 cm³/mol. The molecular weight excluding hydrogens is 1080 g/mol. The Hall–Kier alpha value is -7.48. The lowest BCUT2D eigenvalue weighted by Gasteiger charge is -2.29. The van der Waals surface area contributed by atoms with E-state index in [9.17, 15) is 83.4 Å². The zero-order chi connectivity index (χ0) is 60.9. The Balaban J connectivity index is 2.29. The SMILES string of the molecule is CC[C@H](C)[C@H](NC(=O)[C@H](Cc1ccc(O)cc1)NC(=O)CNC(=O)[C@H](CO)NC(=O)[C@H](C)NC(=O)[C@H](CCCCN)NC(=O)[C@H](CS)NC(=O)[C@@H](N)CO)C(=O)N[C@@H](Cc1ccccc1)C(=O)N[C@H](C(=O)N[C@@H](CO)C(=O)O)[C@@H](C)O. The maximum Gasteiger partial charge on any atom is 0.328 e. The van der Waals surface area contributed by atoms with Crippen LogP contribution in [-0.4, -0.2) is 201 Å². The number of thiol groups is 1. The highest BCUT2D eigenvalue weighted by molar-refractivity contribution is 7.80. The molecule has 20 N–H and O–H groups in total. The van der Waals surface area contributed by atoms with Crippen LogP contribution in [0.4, 0.5) is 0 Å². The number of aromatic hydroxyl groups is 1. The van der Waals surface area contributed by atoms with Gasteiger partial charge in [0.15, 0.2) is 0 Å². The summed E-state index contributed by atoms with van der Waals surface area (Å²) < 4.78 is 0. The molecule has 0 aliphatic rings. The number of rotatable bonds is 36. The molecule has 2 aromatic carbocycles. The fraction of sp³-hybridized carbons (Fsp3) is 0.549. The molecule has 2 rings (SSSR count). The minimum Gasteiger partial charge on any atom is -0.508 e. The van der Waals surface area contributed by atoms with Crippen molar-refractivity contribution in [2.45, 2.75) is 133 Å². The quantitative estimate of drug-likeness (QED) is 0.0223. The second-order valence-corrected chi connectivity index (χ2v) is 19.4. The number of benzene rings is 2. The average Bonchev–Trinajstić information content (AvgIpc) is 3.46. The number of carbonyl (C=O) groups is 11. The summed E-state index contributed by atoms with van der Waals surface area (Å²) in [5.41, 5.74) is 12.1. The molecule has 81 heavy (non-hydrogen) atoms. The molecule has 0 unspecified atom stereocenters. The van der Waals surface area contributed by atoms with Crippen LogP contribution in [0.2, 0.25) is 0 Å². The number of amides is 10. The van der Waals surface area contributed by atoms with E-state index in [1.54, 1.807) is 44.2 Å². The molecule has 0 aromatic heterocycles. The smallest absolute Gasteiger partial charge is 0.328 e. The van der Waals surface area contributed by atoms with Crippen molar-refractivity contribution >= 4 is 77.7 Å². The normalized spacial score (nSPS) is 15.5. The molecule has 0 bridgehead atoms. The van der Waals surface area contributed by atoms with E-state index in [0.29, 0.717) is 24.0 Å². The zero-order valence-corrected chi connectivity index (χ0v) is 46.3. The van der Waals surface area contributed by atoms with Crippen LogP contribution in [-0.2, 0) is 65.6 Å². The first kappa shape index (κ1) is 69.6. The fourth-order valence-corrected chi connectivity index (χ4v) is 7.71. The Labute approximate surface area is 473 Å². The predicted octanol–water partition coefficient (Wildman–Crippen LogP) is -6.45. The number of hydrogen-bond donors (Lipinski definition) is 19. The number of phenolic OH excluding ortho intramolecular Hbond substituents is 1. The molecule has 0 saturated carbocycles. The van der Waals surface area contributed by atoms with Gasteiger partial charge in [-0.05, 0) is 68.8 Å². The summed E-state index contributed by atoms with van der Waals surface area (Å²) in [7, 11) is 0. The van der Waals surface area contributed by atoms with E-state index < -0.39 is 164 Å². The summed E-state index contributed by atoms with van der Waals surface area (Å²) in [6, 6.07) is -1.04. The molecule has 0 aliphatic heterocycles. The van der Waals surface area contributed by atoms with Gasteiger partial charge in [0.05, 0.1) is 32.5 Å². The van der Waals surface area contributed by atoms with Gasteiger partial charge in [0, 0.05) is 18.6 Å². The van der Waals surface area contributed by atoms with Gasteiger partial charge in [-0.1, -0.05) is 62.7 Å². The van der Waals surface area contributed by atoms with E-state index in [4.69, 9.17) is 11.5 Å². The maximum absolute atomic E-state index is 14.3. The number of aliphatic carboxylic acids is 1. The number of carbonyl (C=O) groups excluding carboxylic acids is 10. The van der Waals surface area contributed by atoms with Crippen LogP contribution in [0.1, 0.15) is 64.5 Å². The lowest BCUT2D eigenvalue weighted by atomic mass is 9.96. The number of nitrogens with two attached hydrogens (primary N) is 2. The maximum atomic E-state index is 14.3. The molecule has 0 spiro atoms. The number of aliphatic hydroxyl groups is 4. The van der Waals surface area contributed by atoms with Gasteiger partial charge < -0.3 is 95.3 Å². The molecule has 0 radical (unpaired) electrons. The highest BCUT2D eigenvalue weighted by atomic mass is 32.1. The van der Waals surface area contributed by atoms with Gasteiger partial charge in [0.25, 0.3) is 0 Å². The van der Waals surface area contributed by atoms with E-state index in [2.05, 4.69) is 60.5 Å². The standard InChI is InChI=1S/C51H78N12O17S/c1-5-26(2)40(49(77)58-35(19-29-11-7-6-8-12-29)47(75)63-41(28(4)67)50(78)60-37(24-66)51(79)80)62-46(74)34(20-30-14-16-31(68)17-15-30)56-39(69)21-54-44(72)36(23-65)59-42(70)27(3)55-45(73)33(13-9-10-18-52)57-48(76)38(25-81)61-43(71)32(53)22-64/h6-8,11-12,14-17,26-28,32-38,40-41,64-68,81H,5,9-10,13,18-25,52-53H2,1-4H3,(H,54,72)(H,55,73)(H,56,69)(H,57,76)(H,58,77)(H,59,70)(H,60,78)(H,61,71)(H,62,74)(H,63,75)(H,79,80)/t26-,27-,28+,32-,33-,34-,35-,36-,37-,38-,40-,41-/m0/s1. The number of carboxylic acids is 1. The second-order valence-electron chi connectivity index (χ2n) is 19.0. The lowest BCUT2D eigenvalue weighted by Crippen LogP contribution is -2.62. The van der Waals surface area contributed by atoms with Gasteiger partial charge in [-0.25, -0.2) is 4.79 Å². The first-order valence-corrected chi connectivity index (χ1v) is 26.6. The van der Waals surface area contributed by atoms with Crippen LogP contribution >= 0.6 is 12.6 Å². The molecule has 0 saturated heterocycles. The molecule has 29 nitrogen and oxygen atoms in total. The van der Waals surface area contributed by atoms with E-state index in [1.807, 2.05) is 5.32 Å². The van der Waals surface area contributed by atoms with Gasteiger partial charge in [0.1, 0.15) is 66.2 Å². The van der Waals surface area contributed by atoms with Crippen molar-refractivity contribution in [2.75, 3.05) is 38.7 Å². The largest absolute Gasteiger partial charge is 0.508 e. The molecule has 2 aromatic rings. The third-order valence-electron chi connectivity index (χ3n) is 12.5. The highest BCUT2D eigenvalue weighted by Gasteiger charge is 2.36. The lowest BCUT2D eigenvalue weighted by molar-refractivity contribution is -0.144. The molecule has 450 valence electrons. The number of nitrogens with one attached hydrogen (secondary N) is 10. The van der Waals surface area contributed by atoms with Crippen LogP contribution in [0.5, 0.6) is 5.75 Å². The van der Waals surface area contributed by atoms with E-state index >= 15 is 0 Å². The first-order chi connectivity index (χ1) is 38.3. The number of phenols is 1. The summed E-state index contributed by atoms with van der Waals surface area (Å²) in [6.07, 6.45) is -0.908. The Bertz CT molecular complexity index is 2430. The van der Waals surface area contributed by atoms with E-state index in [1.165, 1.54) is 31.2 Å². The van der Waals surface area contributed by atoms with Crippen LogP contribution in [0.15, 0.2) is 54.6 Å². The Kier molecular flexibility index (Phi) is 30.9. The molecule has 0 fully saturated rings. The summed E-state index contributed by atoms with van der Waals surface area (Å²) in [5.74, 6) is -12.1. The Morgan fingerprint density at radius 1 is 0.543 bits per heavy atom. The molecule has 10 amide bonds. The first-order valence-electron chi connectivity index (χ1n) is 26.0. The minimum atomic E-state index is -1.78. The van der Waals surface area contributed by atoms with Crippen LogP contribution in [0.25, 0.3) is 0 Å². The molecule has 0 heterocycles. The Morgan fingerprint density at radius 2 is 1.04 bits per heavy atom. The topological polar surface area (TPSA) is 481 Å². The number of aliphatic hydroxyl groups excluding tert-OH is 4. The molecule has 12 atom stereocenters.